The van der Waals surface area contributed by atoms with Crippen LogP contribution in [0.1, 0.15) is 90.4 Å². The van der Waals surface area contributed by atoms with Crippen molar-refractivity contribution in [3.8, 4) is 0 Å². The van der Waals surface area contributed by atoms with Crippen LogP contribution in [0, 0.1) is 11.8 Å². The minimum absolute atomic E-state index is 0.0841. The summed E-state index contributed by atoms with van der Waals surface area (Å²) in [5.74, 6) is -1.14. The third kappa shape index (κ3) is 10.1. The maximum atomic E-state index is 12.2. The zero-order chi connectivity index (χ0) is 20.1. The number of Topliss-reactive ketones (excluding diaryl/α,β-unsaturated/α-hetero) is 1. The molecule has 0 aromatic rings. The first-order valence-electron chi connectivity index (χ1n) is 10.7. The summed E-state index contributed by atoms with van der Waals surface area (Å²) in [4.78, 5) is 22.7. The number of rotatable bonds is 15. The maximum absolute atomic E-state index is 12.2. The summed E-state index contributed by atoms with van der Waals surface area (Å²) in [6.45, 7) is 2.19. The lowest BCUT2D eigenvalue weighted by Crippen LogP contribution is -2.19. The third-order valence-electron chi connectivity index (χ3n) is 5.55. The predicted molar refractivity (Wildman–Crippen MR) is 106 cm³/mol. The topological polar surface area (TPSA) is 94.8 Å². The van der Waals surface area contributed by atoms with Gasteiger partial charge >= 0.3 is 5.97 Å². The SMILES string of the molecule is CCCCCCCCC(O)/C=C/[C@H]1[C@H](O)CC(=O)[C@@H]1CCCCCC(=O)O. The molecule has 0 aromatic heterocycles. The largest absolute Gasteiger partial charge is 0.481 e. The van der Waals surface area contributed by atoms with Crippen molar-refractivity contribution in [2.24, 2.45) is 11.8 Å². The molecule has 0 aromatic carbocycles. The van der Waals surface area contributed by atoms with Gasteiger partial charge in [0.25, 0.3) is 0 Å². The van der Waals surface area contributed by atoms with E-state index in [2.05, 4.69) is 6.92 Å². The molecule has 1 unspecified atom stereocenters. The first-order valence-corrected chi connectivity index (χ1v) is 10.7. The molecule has 0 saturated heterocycles. The van der Waals surface area contributed by atoms with Crippen LogP contribution in [0.2, 0.25) is 0 Å². The number of aliphatic hydroxyl groups is 2. The number of ketones is 1. The Morgan fingerprint density at radius 3 is 2.48 bits per heavy atom. The second-order valence-electron chi connectivity index (χ2n) is 7.92. The smallest absolute Gasteiger partial charge is 0.303 e. The van der Waals surface area contributed by atoms with Crippen LogP contribution >= 0.6 is 0 Å². The van der Waals surface area contributed by atoms with Gasteiger partial charge in [0, 0.05) is 24.7 Å². The summed E-state index contributed by atoms with van der Waals surface area (Å²) in [5, 5.41) is 29.0. The van der Waals surface area contributed by atoms with E-state index in [4.69, 9.17) is 5.11 Å². The summed E-state index contributed by atoms with van der Waals surface area (Å²) < 4.78 is 0. The number of carboxylic acid groups (broad SMARTS) is 1. The zero-order valence-corrected chi connectivity index (χ0v) is 16.8. The van der Waals surface area contributed by atoms with Gasteiger partial charge in [0.2, 0.25) is 0 Å². The molecule has 1 aliphatic rings. The molecule has 0 amide bonds. The van der Waals surface area contributed by atoms with E-state index in [-0.39, 0.29) is 30.5 Å². The Kier molecular flexibility index (Phi) is 12.3. The monoisotopic (exact) mass is 382 g/mol. The van der Waals surface area contributed by atoms with E-state index < -0.39 is 18.2 Å². The van der Waals surface area contributed by atoms with Crippen LogP contribution in [0.5, 0.6) is 0 Å². The number of hydrogen-bond acceptors (Lipinski definition) is 4. The molecule has 156 valence electrons. The van der Waals surface area contributed by atoms with Crippen molar-refractivity contribution in [3.05, 3.63) is 12.2 Å². The quantitative estimate of drug-likeness (QED) is 0.291. The fraction of sp³-hybridized carbons (Fsp3) is 0.818. The van der Waals surface area contributed by atoms with Gasteiger partial charge in [0.1, 0.15) is 5.78 Å². The zero-order valence-electron chi connectivity index (χ0n) is 16.8. The van der Waals surface area contributed by atoms with Gasteiger partial charge in [-0.3, -0.25) is 9.59 Å². The van der Waals surface area contributed by atoms with Gasteiger partial charge in [0.05, 0.1) is 12.2 Å². The molecule has 1 saturated carbocycles. The van der Waals surface area contributed by atoms with E-state index in [1.807, 2.05) is 6.08 Å². The lowest BCUT2D eigenvalue weighted by Gasteiger charge is -2.18. The van der Waals surface area contributed by atoms with E-state index in [1.165, 1.54) is 25.7 Å². The predicted octanol–water partition coefficient (Wildman–Crippen LogP) is 4.26. The van der Waals surface area contributed by atoms with Crippen LogP contribution in [0.3, 0.4) is 0 Å². The second kappa shape index (κ2) is 13.9. The highest BCUT2D eigenvalue weighted by atomic mass is 16.4. The van der Waals surface area contributed by atoms with E-state index >= 15 is 0 Å². The minimum atomic E-state index is -0.789. The molecule has 0 radical (unpaired) electrons. The van der Waals surface area contributed by atoms with Crippen molar-refractivity contribution < 1.29 is 24.9 Å². The Labute approximate surface area is 163 Å². The van der Waals surface area contributed by atoms with Gasteiger partial charge in [-0.2, -0.15) is 0 Å². The number of carboxylic acids is 1. The molecule has 1 fully saturated rings. The molecule has 0 aliphatic heterocycles. The highest BCUT2D eigenvalue weighted by Gasteiger charge is 2.39. The van der Waals surface area contributed by atoms with E-state index in [0.717, 1.165) is 32.1 Å². The molecule has 4 atom stereocenters. The highest BCUT2D eigenvalue weighted by Crippen LogP contribution is 2.34. The fourth-order valence-electron chi connectivity index (χ4n) is 3.90. The molecular formula is C22H38O5. The van der Waals surface area contributed by atoms with Crippen molar-refractivity contribution >= 4 is 11.8 Å². The number of aliphatic carboxylic acids is 1. The lowest BCUT2D eigenvalue weighted by molar-refractivity contribution is -0.137. The Bertz CT molecular complexity index is 460. The van der Waals surface area contributed by atoms with Gasteiger partial charge in [-0.1, -0.05) is 70.4 Å². The van der Waals surface area contributed by atoms with Gasteiger partial charge < -0.3 is 15.3 Å². The van der Waals surface area contributed by atoms with Gasteiger partial charge in [-0.05, 0) is 19.3 Å². The molecule has 27 heavy (non-hydrogen) atoms. The minimum Gasteiger partial charge on any atom is -0.481 e. The number of carbonyl (C=O) groups excluding carboxylic acids is 1. The average molecular weight is 383 g/mol. The number of unbranched alkanes of at least 4 members (excludes halogenated alkanes) is 7. The summed E-state index contributed by atoms with van der Waals surface area (Å²) in [6.07, 6.45) is 13.4. The molecule has 5 nitrogen and oxygen atoms in total. The van der Waals surface area contributed by atoms with Crippen LogP contribution < -0.4 is 0 Å². The molecule has 0 bridgehead atoms. The van der Waals surface area contributed by atoms with Crippen molar-refractivity contribution in [1.29, 1.82) is 0 Å². The number of aliphatic hydroxyl groups excluding tert-OH is 2. The number of hydrogen-bond donors (Lipinski definition) is 3. The summed E-state index contributed by atoms with van der Waals surface area (Å²) in [5.41, 5.74) is 0. The highest BCUT2D eigenvalue weighted by molar-refractivity contribution is 5.84. The van der Waals surface area contributed by atoms with Crippen molar-refractivity contribution in [2.75, 3.05) is 0 Å². The maximum Gasteiger partial charge on any atom is 0.303 e. The summed E-state index contributed by atoms with van der Waals surface area (Å²) in [7, 11) is 0. The Balaban J connectivity index is 2.34. The normalized spacial score (nSPS) is 24.0. The van der Waals surface area contributed by atoms with Gasteiger partial charge in [-0.25, -0.2) is 0 Å². The fourth-order valence-corrected chi connectivity index (χ4v) is 3.90. The standard InChI is InChI=1S/C22H38O5/c1-2-3-4-5-6-8-11-17(23)14-15-19-18(20(24)16-21(19)25)12-9-7-10-13-22(26)27/h14-15,17-19,21,23,25H,2-13,16H2,1H3,(H,26,27)/b15-14+/t17?,18-,19-,21-/m1/s1. The van der Waals surface area contributed by atoms with Crippen molar-refractivity contribution in [3.63, 3.8) is 0 Å². The van der Waals surface area contributed by atoms with Crippen LogP contribution in [-0.4, -0.2) is 39.3 Å². The summed E-state index contributed by atoms with van der Waals surface area (Å²) in [6, 6.07) is 0. The van der Waals surface area contributed by atoms with Crippen LogP contribution in [0.15, 0.2) is 12.2 Å². The van der Waals surface area contributed by atoms with Crippen molar-refractivity contribution in [1.82, 2.24) is 0 Å². The van der Waals surface area contributed by atoms with Crippen LogP contribution in [0.25, 0.3) is 0 Å². The first-order chi connectivity index (χ1) is 13.0. The van der Waals surface area contributed by atoms with E-state index in [0.29, 0.717) is 12.8 Å². The van der Waals surface area contributed by atoms with Gasteiger partial charge in [0.15, 0.2) is 0 Å². The van der Waals surface area contributed by atoms with Crippen LogP contribution in [-0.2, 0) is 9.59 Å². The van der Waals surface area contributed by atoms with E-state index in [9.17, 15) is 19.8 Å². The molecule has 0 spiro atoms. The lowest BCUT2D eigenvalue weighted by atomic mass is 9.88. The Morgan fingerprint density at radius 1 is 1.11 bits per heavy atom. The second-order valence-corrected chi connectivity index (χ2v) is 7.92. The number of carbonyl (C=O) groups is 2. The Hall–Kier alpha value is -1.20. The Morgan fingerprint density at radius 2 is 1.78 bits per heavy atom. The molecular weight excluding hydrogens is 344 g/mol. The molecule has 5 heteroatoms. The van der Waals surface area contributed by atoms with E-state index in [1.54, 1.807) is 6.08 Å². The third-order valence-corrected chi connectivity index (χ3v) is 5.55. The summed E-state index contributed by atoms with van der Waals surface area (Å²) >= 11 is 0. The average Bonchev–Trinajstić information content (AvgIpc) is 2.88. The van der Waals surface area contributed by atoms with Crippen LogP contribution in [0.4, 0.5) is 0 Å². The molecule has 0 heterocycles. The molecule has 1 rings (SSSR count). The first kappa shape index (κ1) is 23.8. The van der Waals surface area contributed by atoms with Gasteiger partial charge in [-0.15, -0.1) is 0 Å². The van der Waals surface area contributed by atoms with Crippen molar-refractivity contribution in [2.45, 2.75) is 103 Å². The molecule has 3 N–H and O–H groups in total. The molecule has 1 aliphatic carbocycles.